The summed E-state index contributed by atoms with van der Waals surface area (Å²) >= 11 is 0. The van der Waals surface area contributed by atoms with E-state index < -0.39 is 187 Å². The third kappa shape index (κ3) is 29.5. The average molecular weight is 1280 g/mol. The van der Waals surface area contributed by atoms with Crippen molar-refractivity contribution in [2.75, 3.05) is 19.7 Å². The number of carboxylic acids is 1. The minimum atomic E-state index is -1.76. The van der Waals surface area contributed by atoms with Gasteiger partial charge in [-0.15, -0.1) is 0 Å². The minimum absolute atomic E-state index is 0.00301. The molecule has 32 heteroatoms. The van der Waals surface area contributed by atoms with E-state index in [1.807, 2.05) is 0 Å². The van der Waals surface area contributed by atoms with E-state index >= 15 is 0 Å². The van der Waals surface area contributed by atoms with E-state index in [-0.39, 0.29) is 56.7 Å². The maximum Gasteiger partial charge on any atom is 0.326 e. The van der Waals surface area contributed by atoms with Crippen molar-refractivity contribution >= 4 is 76.9 Å². The number of carbonyl (C=O) groups excluding carboxylic acids is 12. The third-order valence-electron chi connectivity index (χ3n) is 14.5. The van der Waals surface area contributed by atoms with Gasteiger partial charge in [0, 0.05) is 19.3 Å². The normalized spacial score (nSPS) is 15.6. The van der Waals surface area contributed by atoms with Crippen molar-refractivity contribution in [2.45, 2.75) is 211 Å². The fourth-order valence-electron chi connectivity index (χ4n) is 8.89. The van der Waals surface area contributed by atoms with Gasteiger partial charge in [-0.1, -0.05) is 66.5 Å². The number of benzene rings is 1. The van der Waals surface area contributed by atoms with Gasteiger partial charge in [0.2, 0.25) is 70.9 Å². The maximum atomic E-state index is 14.4. The summed E-state index contributed by atoms with van der Waals surface area (Å²) < 4.78 is 0. The predicted molar refractivity (Wildman–Crippen MR) is 328 cm³/mol. The number of carboxylic acid groups (broad SMARTS) is 1. The van der Waals surface area contributed by atoms with Gasteiger partial charge in [0.1, 0.15) is 66.2 Å². The van der Waals surface area contributed by atoms with Crippen LogP contribution in [-0.2, 0) is 68.7 Å². The number of amides is 12. The average Bonchev–Trinajstić information content (AvgIpc) is 1.44. The quantitative estimate of drug-likeness (QED) is 0.0272. The van der Waals surface area contributed by atoms with Crippen LogP contribution in [0.15, 0.2) is 24.3 Å². The molecule has 24 N–H and O–H groups in total. The highest BCUT2D eigenvalue weighted by Crippen LogP contribution is 2.16. The molecule has 0 saturated carbocycles. The van der Waals surface area contributed by atoms with Crippen LogP contribution < -0.4 is 81.8 Å². The van der Waals surface area contributed by atoms with Crippen LogP contribution in [0.4, 0.5) is 0 Å². The van der Waals surface area contributed by atoms with Gasteiger partial charge >= 0.3 is 5.97 Å². The number of primary amides is 2. The van der Waals surface area contributed by atoms with Gasteiger partial charge in [-0.3, -0.25) is 57.5 Å². The van der Waals surface area contributed by atoms with Crippen molar-refractivity contribution in [1.82, 2.24) is 53.2 Å². The van der Waals surface area contributed by atoms with Crippen molar-refractivity contribution < 1.29 is 82.8 Å². The number of rotatable bonds is 44. The fourth-order valence-corrected chi connectivity index (χ4v) is 8.89. The zero-order valence-corrected chi connectivity index (χ0v) is 52.8. The lowest BCUT2D eigenvalue weighted by Gasteiger charge is -2.30. The summed E-state index contributed by atoms with van der Waals surface area (Å²) in [6.45, 7) is 12.0. The van der Waals surface area contributed by atoms with Crippen LogP contribution in [0.25, 0.3) is 0 Å². The van der Waals surface area contributed by atoms with E-state index in [0.717, 1.165) is 0 Å². The maximum absolute atomic E-state index is 14.4. The highest BCUT2D eigenvalue weighted by Gasteiger charge is 2.38. The van der Waals surface area contributed by atoms with Gasteiger partial charge in [0.25, 0.3) is 0 Å². The molecule has 0 fully saturated rings. The fraction of sp³-hybridized carbons (Fsp3) is 0.672. The Morgan fingerprint density at radius 2 is 0.900 bits per heavy atom. The molecular weight excluding hydrogens is 1180 g/mol. The lowest BCUT2D eigenvalue weighted by molar-refractivity contribution is -0.142. The summed E-state index contributed by atoms with van der Waals surface area (Å²) in [7, 11) is 0. The van der Waals surface area contributed by atoms with Crippen molar-refractivity contribution in [3.05, 3.63) is 29.8 Å². The summed E-state index contributed by atoms with van der Waals surface area (Å²) in [6, 6.07) is -10.7. The van der Waals surface area contributed by atoms with Crippen LogP contribution in [0, 0.1) is 17.8 Å². The van der Waals surface area contributed by atoms with Gasteiger partial charge in [0.15, 0.2) is 0 Å². The molecule has 13 atom stereocenters. The summed E-state index contributed by atoms with van der Waals surface area (Å²) in [4.78, 5) is 174. The summed E-state index contributed by atoms with van der Waals surface area (Å²) in [5.74, 6) is -14.5. The SMILES string of the molecule is CC[C@H](C)[C@H](NC(=O)[C@@H](NC(=O)[C@H](CC(C)C)NC(=O)[C@H](CO)NC(=O)[C@@H](N)CCCCN)[C@@H](C)O)C(=O)N[C@@H](Cc1ccc(O)cc1)C(=O)N[C@@H](C)C(=O)N[C@@H](CCC(N)=O)C(=O)N[C@H](C(=O)N[C@@H](CCC(N)=O)C(=O)N[C@@H](CCCCN)C(=O)O)C(C)C. The molecule has 32 nitrogen and oxygen atoms in total. The standard InChI is InChI=1S/C58H99N15O17/c1-9-31(6)46(72-57(88)47(33(8)75)73-53(84)40(26-29(2)3)68-54(85)42(28-74)70-49(80)36(61)14-10-12-24-59)56(87)69-41(27-34-16-18-35(76)19-17-34)52(83)64-32(7)48(79)65-38(21-23-44(63)78)51(82)71-45(30(4)5)55(86)66-37(20-22-43(62)77)50(81)67-39(58(89)90)15-11-13-25-60/h16-19,29-33,36-42,45-47,74-76H,9-15,20-28,59-61H2,1-8H3,(H2,62,77)(H2,63,78)(H,64,83)(H,65,79)(H,66,86)(H,67,81)(H,68,85)(H,69,87)(H,70,80)(H,71,82)(H,72,88)(H,73,84)(H,89,90)/t31-,32-,33+,36-,37-,38-,39-,40-,41-,42-,45-,46-,47-/m0/s1. The van der Waals surface area contributed by atoms with Gasteiger partial charge in [-0.2, -0.15) is 0 Å². The number of hydrogen-bond acceptors (Lipinski definition) is 19. The Hall–Kier alpha value is -8.07. The predicted octanol–water partition coefficient (Wildman–Crippen LogP) is -4.88. The highest BCUT2D eigenvalue weighted by molar-refractivity contribution is 5.99. The molecule has 0 unspecified atom stereocenters. The largest absolute Gasteiger partial charge is 0.508 e. The van der Waals surface area contributed by atoms with Crippen LogP contribution in [0.2, 0.25) is 0 Å². The molecule has 0 heterocycles. The number of nitrogens with two attached hydrogens (primary N) is 5. The molecule has 0 aliphatic heterocycles. The molecule has 0 aliphatic carbocycles. The number of aliphatic hydroxyl groups excluding tert-OH is 2. The van der Waals surface area contributed by atoms with E-state index in [1.54, 1.807) is 27.7 Å². The van der Waals surface area contributed by atoms with Crippen molar-refractivity contribution in [2.24, 2.45) is 46.4 Å². The third-order valence-corrected chi connectivity index (χ3v) is 14.5. The molecule has 12 amide bonds. The molecule has 1 aromatic carbocycles. The second-order valence-corrected chi connectivity index (χ2v) is 23.1. The van der Waals surface area contributed by atoms with Crippen LogP contribution in [-0.4, -0.2) is 190 Å². The van der Waals surface area contributed by atoms with Gasteiger partial charge in [-0.25, -0.2) is 4.79 Å². The number of nitrogens with one attached hydrogen (secondary N) is 10. The Kier molecular flexibility index (Phi) is 36.7. The first-order valence-electron chi connectivity index (χ1n) is 30.3. The van der Waals surface area contributed by atoms with Gasteiger partial charge < -0.3 is 102 Å². The molecule has 0 bridgehead atoms. The molecule has 0 aliphatic rings. The summed E-state index contributed by atoms with van der Waals surface area (Å²) in [5.41, 5.74) is 28.1. The molecule has 0 spiro atoms. The van der Waals surface area contributed by atoms with E-state index in [2.05, 4.69) is 53.2 Å². The molecular formula is C58H99N15O17. The van der Waals surface area contributed by atoms with E-state index in [9.17, 15) is 82.8 Å². The van der Waals surface area contributed by atoms with E-state index in [1.165, 1.54) is 52.0 Å². The number of phenolic OH excluding ortho intramolecular Hbond substituents is 1. The summed E-state index contributed by atoms with van der Waals surface area (Å²) in [6.07, 6.45) is -1.18. The Labute approximate surface area is 524 Å². The summed E-state index contributed by atoms with van der Waals surface area (Å²) in [5, 5.41) is 65.3. The number of aliphatic hydroxyl groups is 2. The smallest absolute Gasteiger partial charge is 0.326 e. The zero-order chi connectivity index (χ0) is 68.5. The van der Waals surface area contributed by atoms with Crippen LogP contribution in [0.3, 0.4) is 0 Å². The molecule has 1 aromatic rings. The lowest BCUT2D eigenvalue weighted by atomic mass is 9.96. The van der Waals surface area contributed by atoms with Crippen LogP contribution >= 0.6 is 0 Å². The first-order chi connectivity index (χ1) is 42.2. The number of carbonyl (C=O) groups is 13. The molecule has 0 saturated heterocycles. The number of hydrogen-bond donors (Lipinski definition) is 19. The Bertz CT molecular complexity index is 2560. The van der Waals surface area contributed by atoms with Crippen molar-refractivity contribution in [3.63, 3.8) is 0 Å². The Balaban J connectivity index is 3.52. The van der Waals surface area contributed by atoms with Crippen molar-refractivity contribution in [1.29, 1.82) is 0 Å². The second kappa shape index (κ2) is 41.3. The van der Waals surface area contributed by atoms with Crippen LogP contribution in [0.1, 0.15) is 138 Å². The van der Waals surface area contributed by atoms with E-state index in [0.29, 0.717) is 37.8 Å². The van der Waals surface area contributed by atoms with Crippen molar-refractivity contribution in [3.8, 4) is 5.75 Å². The Morgan fingerprint density at radius 3 is 1.39 bits per heavy atom. The molecule has 0 aromatic heterocycles. The number of unbranched alkanes of at least 4 members (excludes halogenated alkanes) is 2. The topological polar surface area (TPSA) is 553 Å². The molecule has 0 radical (unpaired) electrons. The number of phenols is 1. The molecule has 90 heavy (non-hydrogen) atoms. The first kappa shape index (κ1) is 79.9. The van der Waals surface area contributed by atoms with E-state index in [4.69, 9.17) is 28.7 Å². The minimum Gasteiger partial charge on any atom is -0.508 e. The second-order valence-electron chi connectivity index (χ2n) is 23.1. The lowest BCUT2D eigenvalue weighted by Crippen LogP contribution is -2.63. The highest BCUT2D eigenvalue weighted by atomic mass is 16.4. The molecule has 1 rings (SSSR count). The number of aliphatic carboxylic acids is 1. The monoisotopic (exact) mass is 1280 g/mol. The number of aromatic hydroxyl groups is 1. The van der Waals surface area contributed by atoms with Gasteiger partial charge in [-0.05, 0) is 114 Å². The van der Waals surface area contributed by atoms with Crippen LogP contribution in [0.5, 0.6) is 5.75 Å². The molecule has 508 valence electrons. The first-order valence-corrected chi connectivity index (χ1v) is 30.3. The Morgan fingerprint density at radius 1 is 0.478 bits per heavy atom. The zero-order valence-electron chi connectivity index (χ0n) is 52.8. The van der Waals surface area contributed by atoms with Gasteiger partial charge in [0.05, 0.1) is 18.8 Å².